The maximum absolute atomic E-state index is 14.6. The van der Waals surface area contributed by atoms with Crippen LogP contribution in [0, 0.1) is 18.7 Å². The lowest BCUT2D eigenvalue weighted by Gasteiger charge is -2.05. The molecule has 9 heteroatoms. The minimum absolute atomic E-state index is 0.111. The van der Waals surface area contributed by atoms with Gasteiger partial charge < -0.3 is 10.4 Å². The minimum Gasteiger partial charge on any atom is -0.504 e. The quantitative estimate of drug-likeness (QED) is 0.543. The molecule has 4 heterocycles. The van der Waals surface area contributed by atoms with Crippen LogP contribution in [0.2, 0.25) is 0 Å². The molecule has 1 aliphatic rings. The molecule has 8 nitrogen and oxygen atoms in total. The Labute approximate surface area is 171 Å². The first kappa shape index (κ1) is 18.3. The van der Waals surface area contributed by atoms with E-state index in [1.165, 1.54) is 21.6 Å². The van der Waals surface area contributed by atoms with Gasteiger partial charge in [-0.2, -0.15) is 5.10 Å². The molecule has 0 unspecified atom stereocenters. The van der Waals surface area contributed by atoms with Crippen molar-refractivity contribution in [1.82, 2.24) is 24.4 Å². The number of aromatic hydroxyl groups is 1. The van der Waals surface area contributed by atoms with Crippen LogP contribution in [-0.2, 0) is 11.8 Å². The van der Waals surface area contributed by atoms with Crippen LogP contribution in [0.25, 0.3) is 16.8 Å². The molecule has 1 amide bonds. The molecule has 0 radical (unpaired) electrons. The third-order valence-electron chi connectivity index (χ3n) is 5.42. The summed E-state index contributed by atoms with van der Waals surface area (Å²) in [5.74, 6) is -0.499. The monoisotopic (exact) mass is 406 g/mol. The molecule has 4 aromatic heterocycles. The largest absolute Gasteiger partial charge is 0.504 e. The number of anilines is 1. The molecule has 152 valence electrons. The number of aromatic nitrogens is 5. The van der Waals surface area contributed by atoms with Gasteiger partial charge in [0, 0.05) is 42.4 Å². The van der Waals surface area contributed by atoms with Gasteiger partial charge in [0.2, 0.25) is 5.91 Å². The van der Waals surface area contributed by atoms with E-state index in [4.69, 9.17) is 0 Å². The van der Waals surface area contributed by atoms with Crippen molar-refractivity contribution in [2.24, 2.45) is 13.0 Å². The van der Waals surface area contributed by atoms with E-state index in [0.717, 1.165) is 17.7 Å². The summed E-state index contributed by atoms with van der Waals surface area (Å²) in [5.41, 5.74) is 3.04. The molecule has 0 spiro atoms. The molecular formula is C21H19FN6O2. The molecule has 2 atom stereocenters. The number of pyridine rings is 2. The van der Waals surface area contributed by atoms with E-state index in [1.54, 1.807) is 25.4 Å². The average Bonchev–Trinajstić information content (AvgIpc) is 3.32. The molecule has 2 N–H and O–H groups in total. The Kier molecular flexibility index (Phi) is 4.05. The number of hydrogen-bond acceptors (Lipinski definition) is 5. The van der Waals surface area contributed by atoms with Crippen LogP contribution >= 0.6 is 0 Å². The van der Waals surface area contributed by atoms with Crippen LogP contribution in [0.4, 0.5) is 10.2 Å². The highest BCUT2D eigenvalue weighted by molar-refractivity contribution is 5.95. The van der Waals surface area contributed by atoms with Gasteiger partial charge in [-0.3, -0.25) is 14.5 Å². The molecule has 5 rings (SSSR count). The van der Waals surface area contributed by atoms with Gasteiger partial charge in [0.1, 0.15) is 5.69 Å². The summed E-state index contributed by atoms with van der Waals surface area (Å²) in [5, 5.41) is 21.0. The fourth-order valence-corrected chi connectivity index (χ4v) is 3.72. The van der Waals surface area contributed by atoms with Crippen LogP contribution in [0.3, 0.4) is 0 Å². The van der Waals surface area contributed by atoms with Crippen molar-refractivity contribution in [3.05, 3.63) is 59.9 Å². The Morgan fingerprint density at radius 2 is 2.13 bits per heavy atom. The molecule has 0 aromatic carbocycles. The van der Waals surface area contributed by atoms with E-state index in [9.17, 15) is 14.3 Å². The zero-order valence-corrected chi connectivity index (χ0v) is 16.4. The van der Waals surface area contributed by atoms with Gasteiger partial charge in [-0.15, -0.1) is 5.10 Å². The van der Waals surface area contributed by atoms with Crippen LogP contribution in [0.15, 0.2) is 42.9 Å². The van der Waals surface area contributed by atoms with Crippen molar-refractivity contribution in [1.29, 1.82) is 0 Å². The average molecular weight is 406 g/mol. The maximum Gasteiger partial charge on any atom is 0.229 e. The van der Waals surface area contributed by atoms with E-state index < -0.39 is 5.82 Å². The molecule has 1 fully saturated rings. The van der Waals surface area contributed by atoms with Gasteiger partial charge in [-0.05, 0) is 31.0 Å². The number of amides is 1. The Hall–Kier alpha value is -3.75. The highest BCUT2D eigenvalue weighted by atomic mass is 19.1. The molecule has 1 saturated carbocycles. The summed E-state index contributed by atoms with van der Waals surface area (Å²) >= 11 is 0. The van der Waals surface area contributed by atoms with Crippen molar-refractivity contribution in [3.63, 3.8) is 0 Å². The van der Waals surface area contributed by atoms with E-state index in [0.29, 0.717) is 11.3 Å². The smallest absolute Gasteiger partial charge is 0.229 e. The van der Waals surface area contributed by atoms with Crippen molar-refractivity contribution < 1.29 is 14.3 Å². The highest BCUT2D eigenvalue weighted by Gasteiger charge is 2.45. The summed E-state index contributed by atoms with van der Waals surface area (Å²) in [6.07, 6.45) is 5.02. The second-order valence-electron chi connectivity index (χ2n) is 7.63. The zero-order valence-electron chi connectivity index (χ0n) is 16.4. The summed E-state index contributed by atoms with van der Waals surface area (Å²) in [6.45, 7) is 1.97. The lowest BCUT2D eigenvalue weighted by molar-refractivity contribution is -0.117. The normalized spacial score (nSPS) is 18.0. The van der Waals surface area contributed by atoms with Crippen molar-refractivity contribution in [3.8, 4) is 17.0 Å². The number of nitrogens with one attached hydrogen (secondary N) is 1. The van der Waals surface area contributed by atoms with Gasteiger partial charge in [-0.1, -0.05) is 6.07 Å². The molecular weight excluding hydrogens is 387 g/mol. The molecule has 30 heavy (non-hydrogen) atoms. The van der Waals surface area contributed by atoms with E-state index in [1.807, 2.05) is 19.1 Å². The minimum atomic E-state index is -0.560. The standard InChI is InChI=1S/C21H19FN6O2/c1-11-3-4-17(23-8-11)13-7-14(13)21(30)25-19-6-12-5-15(16(22)10-28(12)26-19)20-18(29)9-24-27(20)2/h3-6,8-10,13-14,29H,7H2,1-2H3,(H,25,26,30)/t13-,14+/m1/s1. The summed E-state index contributed by atoms with van der Waals surface area (Å²) in [7, 11) is 1.62. The Morgan fingerprint density at radius 3 is 2.83 bits per heavy atom. The van der Waals surface area contributed by atoms with Gasteiger partial charge >= 0.3 is 0 Å². The summed E-state index contributed by atoms with van der Waals surface area (Å²) in [6, 6.07) is 7.17. The first-order chi connectivity index (χ1) is 14.4. The summed E-state index contributed by atoms with van der Waals surface area (Å²) in [4.78, 5) is 17.0. The van der Waals surface area contributed by atoms with E-state index in [-0.39, 0.29) is 34.7 Å². The van der Waals surface area contributed by atoms with Crippen molar-refractivity contribution in [2.45, 2.75) is 19.3 Å². The second kappa shape index (κ2) is 6.65. The molecule has 0 saturated heterocycles. The predicted octanol–water partition coefficient (Wildman–Crippen LogP) is 3.03. The van der Waals surface area contributed by atoms with E-state index in [2.05, 4.69) is 20.5 Å². The van der Waals surface area contributed by atoms with Gasteiger partial charge in [0.05, 0.1) is 17.9 Å². The Balaban J connectivity index is 1.37. The number of hydrogen-bond donors (Lipinski definition) is 2. The van der Waals surface area contributed by atoms with Crippen molar-refractivity contribution >= 4 is 17.2 Å². The lowest BCUT2D eigenvalue weighted by atomic mass is 10.1. The Morgan fingerprint density at radius 1 is 1.30 bits per heavy atom. The van der Waals surface area contributed by atoms with Crippen molar-refractivity contribution in [2.75, 3.05) is 5.32 Å². The highest BCUT2D eigenvalue weighted by Crippen LogP contribution is 2.47. The molecule has 4 aromatic rings. The third kappa shape index (κ3) is 3.08. The van der Waals surface area contributed by atoms with Crippen LogP contribution in [0.1, 0.15) is 23.6 Å². The van der Waals surface area contributed by atoms with Gasteiger partial charge in [-0.25, -0.2) is 8.91 Å². The number of aryl methyl sites for hydroxylation is 2. The molecule has 0 aliphatic heterocycles. The zero-order chi connectivity index (χ0) is 21.0. The van der Waals surface area contributed by atoms with E-state index >= 15 is 0 Å². The van der Waals surface area contributed by atoms with Crippen LogP contribution < -0.4 is 5.32 Å². The van der Waals surface area contributed by atoms with Gasteiger partial charge in [0.25, 0.3) is 0 Å². The predicted molar refractivity (Wildman–Crippen MR) is 107 cm³/mol. The number of fused-ring (bicyclic) bond motifs is 1. The number of nitrogens with zero attached hydrogens (tertiary/aromatic N) is 5. The first-order valence-electron chi connectivity index (χ1n) is 9.54. The fraction of sp³-hybridized carbons (Fsp3) is 0.238. The topological polar surface area (TPSA) is 97.3 Å². The SMILES string of the molecule is Cc1ccc([C@@H]2C[C@@H]2C(=O)Nc2cc3cc(-c4c(O)cnn4C)c(F)cn3n2)nc1. The maximum atomic E-state index is 14.6. The molecule has 0 bridgehead atoms. The van der Waals surface area contributed by atoms with Crippen LogP contribution in [-0.4, -0.2) is 35.4 Å². The molecule has 1 aliphatic carbocycles. The number of rotatable bonds is 4. The number of carbonyl (C=O) groups excluding carboxylic acids is 1. The number of carbonyl (C=O) groups is 1. The first-order valence-corrected chi connectivity index (χ1v) is 9.54. The Bertz CT molecular complexity index is 1260. The van der Waals surface area contributed by atoms with Gasteiger partial charge in [0.15, 0.2) is 17.4 Å². The second-order valence-corrected chi connectivity index (χ2v) is 7.63. The fourth-order valence-electron chi connectivity index (χ4n) is 3.72. The summed E-state index contributed by atoms with van der Waals surface area (Å²) < 4.78 is 17.4. The third-order valence-corrected chi connectivity index (χ3v) is 5.42. The lowest BCUT2D eigenvalue weighted by Crippen LogP contribution is -2.15. The number of halogens is 1. The van der Waals surface area contributed by atoms with Crippen LogP contribution in [0.5, 0.6) is 5.75 Å².